The Morgan fingerprint density at radius 3 is 2.44 bits per heavy atom. The first-order valence-corrected chi connectivity index (χ1v) is 12.2. The van der Waals surface area contributed by atoms with E-state index in [1.54, 1.807) is 30.3 Å². The van der Waals surface area contributed by atoms with Crippen molar-refractivity contribution in [3.05, 3.63) is 64.0 Å². The molecule has 0 saturated heterocycles. The zero-order valence-electron chi connectivity index (χ0n) is 18.9. The van der Waals surface area contributed by atoms with Crippen molar-refractivity contribution >= 4 is 15.8 Å². The molecule has 1 aliphatic carbocycles. The molecule has 0 heterocycles. The van der Waals surface area contributed by atoms with E-state index in [1.807, 2.05) is 38.9 Å². The highest BCUT2D eigenvalue weighted by Gasteiger charge is 2.31. The van der Waals surface area contributed by atoms with Gasteiger partial charge in [0.25, 0.3) is 5.91 Å². The van der Waals surface area contributed by atoms with E-state index in [-0.39, 0.29) is 28.7 Å². The topological polar surface area (TPSA) is 99.5 Å². The van der Waals surface area contributed by atoms with E-state index in [0.29, 0.717) is 17.7 Å². The number of hydrogen-bond donors (Lipinski definition) is 1. The maximum absolute atomic E-state index is 15.0. The predicted octanol–water partition coefficient (Wildman–Crippen LogP) is 4.23. The highest BCUT2D eigenvalue weighted by Crippen LogP contribution is 2.44. The third-order valence-electron chi connectivity index (χ3n) is 5.49. The molecule has 1 aliphatic rings. The summed E-state index contributed by atoms with van der Waals surface area (Å²) >= 11 is 0. The number of carbonyl (C=O) groups is 1. The Kier molecular flexibility index (Phi) is 7.13. The van der Waals surface area contributed by atoms with Gasteiger partial charge in [0.05, 0.1) is 16.9 Å². The van der Waals surface area contributed by atoms with E-state index in [9.17, 15) is 18.7 Å². The van der Waals surface area contributed by atoms with Crippen LogP contribution in [0.2, 0.25) is 0 Å². The third-order valence-corrected chi connectivity index (χ3v) is 6.91. The molecule has 2 aromatic carbocycles. The minimum absolute atomic E-state index is 0.0100. The van der Waals surface area contributed by atoms with Crippen molar-refractivity contribution in [1.29, 1.82) is 5.26 Å². The molecule has 2 N–H and O–H groups in total. The predicted molar refractivity (Wildman–Crippen MR) is 123 cm³/mol. The summed E-state index contributed by atoms with van der Waals surface area (Å²) in [6.07, 6.45) is 1.66. The first-order chi connectivity index (χ1) is 15.0. The van der Waals surface area contributed by atoms with Gasteiger partial charge in [-0.2, -0.15) is 5.26 Å². The third kappa shape index (κ3) is 5.41. The van der Waals surface area contributed by atoms with Gasteiger partial charge in [-0.15, -0.1) is 4.36 Å². The number of nitriles is 1. The summed E-state index contributed by atoms with van der Waals surface area (Å²) in [5, 5.41) is 15.3. The van der Waals surface area contributed by atoms with Crippen molar-refractivity contribution < 1.29 is 13.4 Å². The highest BCUT2D eigenvalue weighted by molar-refractivity contribution is 7.91. The van der Waals surface area contributed by atoms with Crippen LogP contribution in [0.4, 0.5) is 4.39 Å². The molecular formula is C24H29FN4O2S. The van der Waals surface area contributed by atoms with Crippen LogP contribution in [0.15, 0.2) is 39.6 Å². The second-order valence-corrected chi connectivity index (χ2v) is 10.7. The van der Waals surface area contributed by atoms with Gasteiger partial charge in [0.15, 0.2) is 0 Å². The number of rotatable bonds is 7. The fourth-order valence-corrected chi connectivity index (χ4v) is 4.92. The van der Waals surface area contributed by atoms with Gasteiger partial charge in [0.1, 0.15) is 21.8 Å². The van der Waals surface area contributed by atoms with Crippen LogP contribution in [0, 0.1) is 17.1 Å². The number of nitrogens with two attached hydrogens (primary N) is 1. The summed E-state index contributed by atoms with van der Waals surface area (Å²) in [6.45, 7) is 4.36. The number of hydrogen-bond acceptors (Lipinski definition) is 4. The molecule has 1 unspecified atom stereocenters. The van der Waals surface area contributed by atoms with Gasteiger partial charge in [-0.25, -0.2) is 13.7 Å². The average molecular weight is 457 g/mol. The van der Waals surface area contributed by atoms with Crippen molar-refractivity contribution in [2.75, 3.05) is 14.1 Å². The number of benzene rings is 2. The Hall–Kier alpha value is -2.60. The Morgan fingerprint density at radius 2 is 1.94 bits per heavy atom. The summed E-state index contributed by atoms with van der Waals surface area (Å²) in [7, 11) is 0.459. The molecule has 0 aromatic heterocycles. The molecule has 32 heavy (non-hydrogen) atoms. The van der Waals surface area contributed by atoms with Crippen LogP contribution < -0.4 is 5.14 Å². The second kappa shape index (κ2) is 9.49. The van der Waals surface area contributed by atoms with Gasteiger partial charge in [0, 0.05) is 6.54 Å². The number of amides is 1. The largest absolute Gasteiger partial charge is 0.305 e. The van der Waals surface area contributed by atoms with Crippen LogP contribution in [0.1, 0.15) is 66.3 Å². The van der Waals surface area contributed by atoms with E-state index < -0.39 is 21.6 Å². The molecule has 0 aliphatic heterocycles. The van der Waals surface area contributed by atoms with E-state index in [0.717, 1.165) is 24.0 Å². The van der Waals surface area contributed by atoms with E-state index in [1.165, 1.54) is 0 Å². The Morgan fingerprint density at radius 1 is 1.31 bits per heavy atom. The lowest BCUT2D eigenvalue weighted by atomic mass is 9.87. The summed E-state index contributed by atoms with van der Waals surface area (Å²) in [4.78, 5) is 15.1. The molecule has 0 bridgehead atoms. The lowest BCUT2D eigenvalue weighted by molar-refractivity contribution is -0.117. The van der Waals surface area contributed by atoms with Crippen molar-refractivity contribution in [2.24, 2.45) is 9.50 Å². The minimum atomic E-state index is -3.43. The zero-order chi connectivity index (χ0) is 23.6. The van der Waals surface area contributed by atoms with Crippen LogP contribution in [0.5, 0.6) is 0 Å². The number of carbonyl (C=O) groups excluding carboxylic acids is 1. The van der Waals surface area contributed by atoms with Crippen LogP contribution in [-0.2, 0) is 27.7 Å². The van der Waals surface area contributed by atoms with Crippen molar-refractivity contribution in [3.8, 4) is 6.07 Å². The van der Waals surface area contributed by atoms with Gasteiger partial charge in [-0.1, -0.05) is 26.0 Å². The van der Waals surface area contributed by atoms with Gasteiger partial charge >= 0.3 is 0 Å². The fourth-order valence-electron chi connectivity index (χ4n) is 3.92. The Labute approximate surface area is 189 Å². The van der Waals surface area contributed by atoms with Crippen molar-refractivity contribution in [1.82, 2.24) is 4.90 Å². The Bertz CT molecular complexity index is 1190. The van der Waals surface area contributed by atoms with E-state index >= 15 is 0 Å². The molecule has 2 aromatic rings. The van der Waals surface area contributed by atoms with Crippen molar-refractivity contribution in [2.45, 2.75) is 56.4 Å². The van der Waals surface area contributed by atoms with E-state index in [4.69, 9.17) is 5.14 Å². The molecule has 6 nitrogen and oxygen atoms in total. The maximum atomic E-state index is 15.0. The summed E-state index contributed by atoms with van der Waals surface area (Å²) in [5.41, 5.74) is 2.72. The first kappa shape index (κ1) is 24.1. The second-order valence-electron chi connectivity index (χ2n) is 8.87. The molecular weight excluding hydrogens is 427 g/mol. The van der Waals surface area contributed by atoms with Gasteiger partial charge < -0.3 is 4.90 Å². The SMILES string of the molecule is CC(C)c1c(F)c(C#N)cc(C2CC2)c1CC(=O)N=S(N)(=O)c1ccc(CN(C)C)cc1. The molecule has 1 saturated carbocycles. The molecule has 170 valence electrons. The fraction of sp³-hybridized carbons (Fsp3) is 0.417. The highest BCUT2D eigenvalue weighted by atomic mass is 32.2. The molecule has 1 atom stereocenters. The summed E-state index contributed by atoms with van der Waals surface area (Å²) < 4.78 is 31.8. The summed E-state index contributed by atoms with van der Waals surface area (Å²) in [6, 6.07) is 10.3. The quantitative estimate of drug-likeness (QED) is 0.674. The minimum Gasteiger partial charge on any atom is -0.305 e. The lowest BCUT2D eigenvalue weighted by Crippen LogP contribution is -2.17. The molecule has 0 radical (unpaired) electrons. The monoisotopic (exact) mass is 456 g/mol. The molecule has 0 spiro atoms. The van der Waals surface area contributed by atoms with Crippen LogP contribution in [0.3, 0.4) is 0 Å². The number of nitrogens with zero attached hydrogens (tertiary/aromatic N) is 3. The van der Waals surface area contributed by atoms with Crippen LogP contribution >= 0.6 is 0 Å². The normalized spacial score (nSPS) is 15.5. The lowest BCUT2D eigenvalue weighted by Gasteiger charge is -2.18. The van der Waals surface area contributed by atoms with Gasteiger partial charge in [-0.3, -0.25) is 4.79 Å². The van der Waals surface area contributed by atoms with Crippen LogP contribution in [0.25, 0.3) is 0 Å². The van der Waals surface area contributed by atoms with Gasteiger partial charge in [-0.05, 0) is 79.2 Å². The maximum Gasteiger partial charge on any atom is 0.259 e. The average Bonchev–Trinajstić information content (AvgIpc) is 3.52. The molecule has 1 fully saturated rings. The van der Waals surface area contributed by atoms with Crippen LogP contribution in [-0.4, -0.2) is 29.1 Å². The zero-order valence-corrected chi connectivity index (χ0v) is 19.7. The first-order valence-electron chi connectivity index (χ1n) is 10.6. The molecule has 1 amide bonds. The Balaban J connectivity index is 1.96. The molecule has 3 rings (SSSR count). The van der Waals surface area contributed by atoms with Gasteiger partial charge in [0.2, 0.25) is 0 Å². The van der Waals surface area contributed by atoms with E-state index in [2.05, 4.69) is 4.36 Å². The summed E-state index contributed by atoms with van der Waals surface area (Å²) in [5.74, 6) is -1.29. The van der Waals surface area contributed by atoms with Crippen molar-refractivity contribution in [3.63, 3.8) is 0 Å². The molecule has 8 heteroatoms. The number of halogens is 1. The standard InChI is InChI=1S/C24H29FN4O2S/c1-15(2)23-21(20(17-7-8-17)11-18(13-26)24(23)25)12-22(30)28-32(27,31)19-9-5-16(6-10-19)14-29(3)4/h5-6,9-11,15,17H,7-8,12,14H2,1-4H3,(H2,27,28,30,31). The smallest absolute Gasteiger partial charge is 0.259 e.